The lowest BCUT2D eigenvalue weighted by Gasteiger charge is -2.15. The van der Waals surface area contributed by atoms with E-state index in [2.05, 4.69) is 5.32 Å². The van der Waals surface area contributed by atoms with Crippen LogP contribution in [-0.2, 0) is 0 Å². The maximum Gasteiger partial charge on any atom is 0.321 e. The number of benzene rings is 1. The molecule has 1 aromatic carbocycles. The zero-order chi connectivity index (χ0) is 12.1. The summed E-state index contributed by atoms with van der Waals surface area (Å²) in [6, 6.07) is 6.72. The summed E-state index contributed by atoms with van der Waals surface area (Å²) in [6.45, 7) is 4.03. The Hall–Kier alpha value is -1.84. The first kappa shape index (κ1) is 12.2. The third-order valence-electron chi connectivity index (χ3n) is 2.34. The molecule has 4 nitrogen and oxygen atoms in total. The summed E-state index contributed by atoms with van der Waals surface area (Å²) < 4.78 is 0. The average Bonchev–Trinajstić information content (AvgIpc) is 2.28. The Labute approximate surface area is 95.3 Å². The Morgan fingerprint density at radius 3 is 2.62 bits per heavy atom. The van der Waals surface area contributed by atoms with Crippen LogP contribution in [0, 0.1) is 0 Å². The molecule has 0 heterocycles. The van der Waals surface area contributed by atoms with Crippen molar-refractivity contribution in [3.63, 3.8) is 0 Å². The Balaban J connectivity index is 2.78. The smallest absolute Gasteiger partial charge is 0.321 e. The van der Waals surface area contributed by atoms with Crippen molar-refractivity contribution in [2.45, 2.75) is 13.8 Å². The van der Waals surface area contributed by atoms with Crippen LogP contribution in [0.2, 0.25) is 0 Å². The number of ketones is 1. The van der Waals surface area contributed by atoms with Gasteiger partial charge in [-0.25, -0.2) is 4.79 Å². The number of amides is 2. The molecule has 86 valence electrons. The summed E-state index contributed by atoms with van der Waals surface area (Å²) in [6.07, 6.45) is 0. The van der Waals surface area contributed by atoms with Crippen molar-refractivity contribution >= 4 is 17.5 Å². The van der Waals surface area contributed by atoms with Gasteiger partial charge in [-0.15, -0.1) is 0 Å². The van der Waals surface area contributed by atoms with Crippen molar-refractivity contribution in [2.24, 2.45) is 0 Å². The van der Waals surface area contributed by atoms with Crippen molar-refractivity contribution in [3.8, 4) is 0 Å². The second-order valence-corrected chi connectivity index (χ2v) is 3.58. The lowest BCUT2D eigenvalue weighted by Crippen LogP contribution is -2.30. The van der Waals surface area contributed by atoms with Crippen molar-refractivity contribution in [1.29, 1.82) is 0 Å². The van der Waals surface area contributed by atoms with Crippen molar-refractivity contribution < 1.29 is 9.59 Å². The number of anilines is 1. The Morgan fingerprint density at radius 1 is 1.38 bits per heavy atom. The third kappa shape index (κ3) is 3.08. The minimum atomic E-state index is -0.178. The quantitative estimate of drug-likeness (QED) is 0.795. The van der Waals surface area contributed by atoms with Gasteiger partial charge < -0.3 is 10.2 Å². The standard InChI is InChI=1S/C12H16N2O2/c1-4-14(3)12(16)13-11-7-5-6-10(8-11)9(2)15/h5-8H,4H2,1-3H3,(H,13,16). The SMILES string of the molecule is CCN(C)C(=O)Nc1cccc(C(C)=O)c1. The van der Waals surface area contributed by atoms with Gasteiger partial charge in [0, 0.05) is 24.8 Å². The van der Waals surface area contributed by atoms with Crippen molar-refractivity contribution in [2.75, 3.05) is 18.9 Å². The summed E-state index contributed by atoms with van der Waals surface area (Å²) in [7, 11) is 1.71. The summed E-state index contributed by atoms with van der Waals surface area (Å²) >= 11 is 0. The molecule has 1 aromatic rings. The molecule has 0 aliphatic carbocycles. The Morgan fingerprint density at radius 2 is 2.06 bits per heavy atom. The monoisotopic (exact) mass is 220 g/mol. The lowest BCUT2D eigenvalue weighted by atomic mass is 10.1. The van der Waals surface area contributed by atoms with Crippen LogP contribution in [0.25, 0.3) is 0 Å². The number of hydrogen-bond acceptors (Lipinski definition) is 2. The molecule has 0 radical (unpaired) electrons. The molecule has 16 heavy (non-hydrogen) atoms. The summed E-state index contributed by atoms with van der Waals surface area (Å²) in [5.74, 6) is -0.0139. The largest absolute Gasteiger partial charge is 0.328 e. The van der Waals surface area contributed by atoms with Gasteiger partial charge >= 0.3 is 6.03 Å². The summed E-state index contributed by atoms with van der Waals surface area (Å²) in [5, 5.41) is 2.72. The van der Waals surface area contributed by atoms with E-state index in [1.165, 1.54) is 6.92 Å². The van der Waals surface area contributed by atoms with E-state index in [0.29, 0.717) is 17.8 Å². The van der Waals surface area contributed by atoms with E-state index in [0.717, 1.165) is 0 Å². The third-order valence-corrected chi connectivity index (χ3v) is 2.34. The number of carbonyl (C=O) groups excluding carboxylic acids is 2. The summed E-state index contributed by atoms with van der Waals surface area (Å²) in [4.78, 5) is 24.3. The second-order valence-electron chi connectivity index (χ2n) is 3.58. The molecule has 4 heteroatoms. The molecule has 1 rings (SSSR count). The molecular formula is C12H16N2O2. The molecule has 0 spiro atoms. The van der Waals surface area contributed by atoms with E-state index < -0.39 is 0 Å². The van der Waals surface area contributed by atoms with Crippen LogP contribution in [0.5, 0.6) is 0 Å². The highest BCUT2D eigenvalue weighted by atomic mass is 16.2. The van der Waals surface area contributed by atoms with E-state index in [1.807, 2.05) is 6.92 Å². The van der Waals surface area contributed by atoms with Gasteiger partial charge in [-0.2, -0.15) is 0 Å². The molecule has 2 amide bonds. The average molecular weight is 220 g/mol. The van der Waals surface area contributed by atoms with Crippen molar-refractivity contribution in [1.82, 2.24) is 4.90 Å². The van der Waals surface area contributed by atoms with Crippen LogP contribution >= 0.6 is 0 Å². The zero-order valence-corrected chi connectivity index (χ0v) is 9.78. The summed E-state index contributed by atoms with van der Waals surface area (Å²) in [5.41, 5.74) is 1.23. The van der Waals surface area contributed by atoms with E-state index >= 15 is 0 Å². The van der Waals surface area contributed by atoms with Gasteiger partial charge in [0.1, 0.15) is 0 Å². The maximum absolute atomic E-state index is 11.6. The van der Waals surface area contributed by atoms with Crippen LogP contribution in [0.4, 0.5) is 10.5 Å². The van der Waals surface area contributed by atoms with Crippen LogP contribution in [-0.4, -0.2) is 30.3 Å². The van der Waals surface area contributed by atoms with Gasteiger partial charge in [0.2, 0.25) is 0 Å². The van der Waals surface area contributed by atoms with E-state index in [9.17, 15) is 9.59 Å². The van der Waals surface area contributed by atoms with Gasteiger partial charge in [0.05, 0.1) is 0 Å². The molecule has 0 saturated heterocycles. The maximum atomic E-state index is 11.6. The molecular weight excluding hydrogens is 204 g/mol. The molecule has 0 aliphatic rings. The van der Waals surface area contributed by atoms with E-state index in [4.69, 9.17) is 0 Å². The van der Waals surface area contributed by atoms with Crippen LogP contribution in [0.15, 0.2) is 24.3 Å². The fourth-order valence-electron chi connectivity index (χ4n) is 1.18. The second kappa shape index (κ2) is 5.30. The number of Topliss-reactive ketones (excluding diaryl/α,β-unsaturated/α-hetero) is 1. The van der Waals surface area contributed by atoms with Crippen LogP contribution in [0.1, 0.15) is 24.2 Å². The first-order chi connectivity index (χ1) is 7.54. The fourth-order valence-corrected chi connectivity index (χ4v) is 1.18. The van der Waals surface area contributed by atoms with E-state index in [-0.39, 0.29) is 11.8 Å². The minimum absolute atomic E-state index is 0.0139. The zero-order valence-electron chi connectivity index (χ0n) is 9.78. The molecule has 0 atom stereocenters. The lowest BCUT2D eigenvalue weighted by molar-refractivity contribution is 0.101. The molecule has 0 aromatic heterocycles. The topological polar surface area (TPSA) is 49.4 Å². The first-order valence-corrected chi connectivity index (χ1v) is 5.17. The molecule has 0 fully saturated rings. The van der Waals surface area contributed by atoms with Crippen LogP contribution < -0.4 is 5.32 Å². The van der Waals surface area contributed by atoms with Gasteiger partial charge in [-0.1, -0.05) is 12.1 Å². The van der Waals surface area contributed by atoms with Gasteiger partial charge in [0.15, 0.2) is 5.78 Å². The predicted molar refractivity (Wildman–Crippen MR) is 63.8 cm³/mol. The number of hydrogen-bond donors (Lipinski definition) is 1. The molecule has 1 N–H and O–H groups in total. The molecule has 0 unspecified atom stereocenters. The highest BCUT2D eigenvalue weighted by molar-refractivity contribution is 5.96. The van der Waals surface area contributed by atoms with E-state index in [1.54, 1.807) is 36.2 Å². The molecule has 0 saturated carbocycles. The van der Waals surface area contributed by atoms with Crippen LogP contribution in [0.3, 0.4) is 0 Å². The Kier molecular flexibility index (Phi) is 4.05. The Bertz CT molecular complexity index is 402. The molecule has 0 bridgehead atoms. The first-order valence-electron chi connectivity index (χ1n) is 5.17. The number of rotatable bonds is 3. The number of nitrogens with one attached hydrogen (secondary N) is 1. The number of carbonyl (C=O) groups is 2. The fraction of sp³-hybridized carbons (Fsp3) is 0.333. The van der Waals surface area contributed by atoms with Gasteiger partial charge in [0.25, 0.3) is 0 Å². The van der Waals surface area contributed by atoms with Crippen molar-refractivity contribution in [3.05, 3.63) is 29.8 Å². The molecule has 0 aliphatic heterocycles. The highest BCUT2D eigenvalue weighted by Gasteiger charge is 2.07. The number of urea groups is 1. The number of nitrogens with zero attached hydrogens (tertiary/aromatic N) is 1. The minimum Gasteiger partial charge on any atom is -0.328 e. The predicted octanol–water partition coefficient (Wildman–Crippen LogP) is 2.37. The van der Waals surface area contributed by atoms with Gasteiger partial charge in [-0.05, 0) is 26.0 Å². The normalized spacial score (nSPS) is 9.69. The highest BCUT2D eigenvalue weighted by Crippen LogP contribution is 2.11. The van der Waals surface area contributed by atoms with Gasteiger partial charge in [-0.3, -0.25) is 4.79 Å².